The molecule has 158 valence electrons. The Kier molecular flexibility index (Phi) is 5.38. The van der Waals surface area contributed by atoms with E-state index >= 15 is 0 Å². The van der Waals surface area contributed by atoms with Gasteiger partial charge in [-0.3, -0.25) is 18.2 Å². The SMILES string of the molecule is CCn1c(=O)n(CCC(=O)Nc2ccc(N3CCCS3(=O)=O)cc2)c2ccccc21. The second kappa shape index (κ2) is 7.98. The lowest BCUT2D eigenvalue weighted by Gasteiger charge is -2.17. The molecule has 8 nitrogen and oxygen atoms in total. The summed E-state index contributed by atoms with van der Waals surface area (Å²) in [5.41, 5.74) is 2.74. The van der Waals surface area contributed by atoms with Crippen molar-refractivity contribution in [3.05, 3.63) is 59.0 Å². The standard InChI is InChI=1S/C21H24N4O4S/c1-2-23-18-6-3-4-7-19(18)24(21(23)27)14-12-20(26)22-16-8-10-17(11-9-16)25-13-5-15-30(25,28)29/h3-4,6-11H,2,5,12-15H2,1H3,(H,22,26). The number of rotatable bonds is 6. The highest BCUT2D eigenvalue weighted by Crippen LogP contribution is 2.25. The summed E-state index contributed by atoms with van der Waals surface area (Å²) >= 11 is 0. The first-order valence-electron chi connectivity index (χ1n) is 9.99. The molecule has 0 atom stereocenters. The summed E-state index contributed by atoms with van der Waals surface area (Å²) in [5.74, 6) is -0.0454. The molecule has 3 aromatic rings. The second-order valence-corrected chi connectivity index (χ2v) is 9.27. The zero-order valence-electron chi connectivity index (χ0n) is 16.7. The first-order chi connectivity index (χ1) is 14.4. The minimum atomic E-state index is -3.23. The van der Waals surface area contributed by atoms with E-state index in [2.05, 4.69) is 5.32 Å². The number of hydrogen-bond acceptors (Lipinski definition) is 4. The molecule has 30 heavy (non-hydrogen) atoms. The number of nitrogens with zero attached hydrogens (tertiary/aromatic N) is 3. The maximum Gasteiger partial charge on any atom is 0.329 e. The van der Waals surface area contributed by atoms with E-state index in [9.17, 15) is 18.0 Å². The molecular weight excluding hydrogens is 404 g/mol. The summed E-state index contributed by atoms with van der Waals surface area (Å²) in [7, 11) is -3.23. The number of amides is 1. The van der Waals surface area contributed by atoms with Crippen LogP contribution in [0.25, 0.3) is 11.0 Å². The Labute approximate surface area is 174 Å². The highest BCUT2D eigenvalue weighted by molar-refractivity contribution is 7.93. The molecule has 1 N–H and O–H groups in total. The molecule has 0 radical (unpaired) electrons. The van der Waals surface area contributed by atoms with E-state index in [4.69, 9.17) is 0 Å². The number of carbonyl (C=O) groups excluding carboxylic acids is 1. The number of aryl methyl sites for hydroxylation is 2. The lowest BCUT2D eigenvalue weighted by atomic mass is 10.2. The van der Waals surface area contributed by atoms with Crippen LogP contribution in [0.1, 0.15) is 19.8 Å². The zero-order valence-corrected chi connectivity index (χ0v) is 17.6. The summed E-state index contributed by atoms with van der Waals surface area (Å²) in [5, 5.41) is 2.81. The quantitative estimate of drug-likeness (QED) is 0.652. The van der Waals surface area contributed by atoms with E-state index < -0.39 is 10.0 Å². The van der Waals surface area contributed by atoms with Gasteiger partial charge in [-0.15, -0.1) is 0 Å². The van der Waals surface area contributed by atoms with Crippen LogP contribution < -0.4 is 15.3 Å². The molecule has 0 aliphatic carbocycles. The number of imidazole rings is 1. The van der Waals surface area contributed by atoms with E-state index in [1.54, 1.807) is 33.4 Å². The number of sulfonamides is 1. The third kappa shape index (κ3) is 3.72. The lowest BCUT2D eigenvalue weighted by Crippen LogP contribution is -2.26. The molecule has 2 aromatic carbocycles. The average molecular weight is 429 g/mol. The molecule has 4 rings (SSSR count). The Morgan fingerprint density at radius 2 is 1.70 bits per heavy atom. The van der Waals surface area contributed by atoms with Gasteiger partial charge in [0.1, 0.15) is 0 Å². The summed E-state index contributed by atoms with van der Waals surface area (Å²) in [6.07, 6.45) is 0.772. The number of aromatic nitrogens is 2. The van der Waals surface area contributed by atoms with Crippen molar-refractivity contribution in [2.24, 2.45) is 0 Å². The molecule has 1 aliphatic rings. The molecule has 1 aromatic heterocycles. The Hall–Kier alpha value is -3.07. The van der Waals surface area contributed by atoms with Gasteiger partial charge in [-0.05, 0) is 49.7 Å². The first kappa shape index (κ1) is 20.2. The number of para-hydroxylation sites is 2. The van der Waals surface area contributed by atoms with Gasteiger partial charge in [0.2, 0.25) is 15.9 Å². The molecule has 1 fully saturated rings. The lowest BCUT2D eigenvalue weighted by molar-refractivity contribution is -0.116. The monoisotopic (exact) mass is 428 g/mol. The molecule has 2 heterocycles. The molecule has 0 saturated carbocycles. The predicted molar refractivity (Wildman–Crippen MR) is 117 cm³/mol. The fourth-order valence-corrected chi connectivity index (χ4v) is 5.44. The van der Waals surface area contributed by atoms with E-state index in [0.717, 1.165) is 11.0 Å². The smallest absolute Gasteiger partial charge is 0.326 e. The Balaban J connectivity index is 1.43. The molecule has 1 saturated heterocycles. The van der Waals surface area contributed by atoms with Crippen molar-refractivity contribution < 1.29 is 13.2 Å². The van der Waals surface area contributed by atoms with Crippen molar-refractivity contribution >= 4 is 38.3 Å². The van der Waals surface area contributed by atoms with Gasteiger partial charge in [0.05, 0.1) is 22.5 Å². The van der Waals surface area contributed by atoms with Crippen LogP contribution in [0.2, 0.25) is 0 Å². The number of anilines is 2. The van der Waals surface area contributed by atoms with Gasteiger partial charge in [-0.2, -0.15) is 0 Å². The Morgan fingerprint density at radius 1 is 1.03 bits per heavy atom. The fourth-order valence-electron chi connectivity index (χ4n) is 3.87. The van der Waals surface area contributed by atoms with E-state index in [0.29, 0.717) is 30.9 Å². The maximum absolute atomic E-state index is 12.6. The molecule has 0 spiro atoms. The number of nitrogens with one attached hydrogen (secondary N) is 1. The minimum absolute atomic E-state index is 0.123. The van der Waals surface area contributed by atoms with Crippen molar-refractivity contribution in [2.45, 2.75) is 32.9 Å². The van der Waals surface area contributed by atoms with Crippen LogP contribution in [-0.2, 0) is 27.9 Å². The predicted octanol–water partition coefficient (Wildman–Crippen LogP) is 2.39. The van der Waals surface area contributed by atoms with Crippen LogP contribution in [0.15, 0.2) is 53.3 Å². The van der Waals surface area contributed by atoms with Crippen LogP contribution in [0, 0.1) is 0 Å². The zero-order chi connectivity index (χ0) is 21.3. The van der Waals surface area contributed by atoms with Crippen molar-refractivity contribution in [1.29, 1.82) is 0 Å². The topological polar surface area (TPSA) is 93.4 Å². The number of benzene rings is 2. The number of carbonyl (C=O) groups is 1. The normalized spacial score (nSPS) is 15.6. The van der Waals surface area contributed by atoms with Gasteiger partial charge in [0.15, 0.2) is 0 Å². The number of hydrogen-bond donors (Lipinski definition) is 1. The van der Waals surface area contributed by atoms with Crippen LogP contribution in [-0.4, -0.2) is 35.8 Å². The summed E-state index contributed by atoms with van der Waals surface area (Å²) in [6.45, 7) is 3.25. The van der Waals surface area contributed by atoms with Gasteiger partial charge >= 0.3 is 5.69 Å². The van der Waals surface area contributed by atoms with Gasteiger partial charge in [-0.1, -0.05) is 12.1 Å². The first-order valence-corrected chi connectivity index (χ1v) is 11.6. The fraction of sp³-hybridized carbons (Fsp3) is 0.333. The largest absolute Gasteiger partial charge is 0.329 e. The van der Waals surface area contributed by atoms with Crippen LogP contribution in [0.3, 0.4) is 0 Å². The summed E-state index contributed by atoms with van der Waals surface area (Å²) < 4.78 is 28.7. The van der Waals surface area contributed by atoms with Gasteiger partial charge in [0, 0.05) is 31.7 Å². The van der Waals surface area contributed by atoms with E-state index in [1.165, 1.54) is 4.31 Å². The third-order valence-electron chi connectivity index (χ3n) is 5.34. The molecule has 9 heteroatoms. The molecule has 1 aliphatic heterocycles. The third-order valence-corrected chi connectivity index (χ3v) is 7.21. The van der Waals surface area contributed by atoms with Gasteiger partial charge in [-0.25, -0.2) is 13.2 Å². The minimum Gasteiger partial charge on any atom is -0.326 e. The highest BCUT2D eigenvalue weighted by atomic mass is 32.2. The Bertz CT molecular complexity index is 1240. The number of fused-ring (bicyclic) bond motifs is 1. The van der Waals surface area contributed by atoms with Crippen LogP contribution in [0.4, 0.5) is 11.4 Å². The van der Waals surface area contributed by atoms with Gasteiger partial charge in [0.25, 0.3) is 0 Å². The molecule has 0 unspecified atom stereocenters. The Morgan fingerprint density at radius 3 is 2.30 bits per heavy atom. The maximum atomic E-state index is 12.6. The van der Waals surface area contributed by atoms with Crippen molar-refractivity contribution in [2.75, 3.05) is 21.9 Å². The van der Waals surface area contributed by atoms with E-state index in [1.807, 2.05) is 31.2 Å². The average Bonchev–Trinajstić information content (AvgIpc) is 3.22. The van der Waals surface area contributed by atoms with Crippen molar-refractivity contribution in [3.8, 4) is 0 Å². The second-order valence-electron chi connectivity index (χ2n) is 7.25. The summed E-state index contributed by atoms with van der Waals surface area (Å²) in [4.78, 5) is 25.1. The van der Waals surface area contributed by atoms with E-state index in [-0.39, 0.29) is 30.3 Å². The van der Waals surface area contributed by atoms with Gasteiger partial charge < -0.3 is 5.32 Å². The van der Waals surface area contributed by atoms with Crippen LogP contribution >= 0.6 is 0 Å². The van der Waals surface area contributed by atoms with Crippen molar-refractivity contribution in [1.82, 2.24) is 9.13 Å². The van der Waals surface area contributed by atoms with Crippen LogP contribution in [0.5, 0.6) is 0 Å². The molecular formula is C21H24N4O4S. The highest BCUT2D eigenvalue weighted by Gasteiger charge is 2.28. The summed E-state index contributed by atoms with van der Waals surface area (Å²) in [6, 6.07) is 14.3. The van der Waals surface area contributed by atoms with Crippen molar-refractivity contribution in [3.63, 3.8) is 0 Å². The molecule has 0 bridgehead atoms. The molecule has 1 amide bonds.